The van der Waals surface area contributed by atoms with E-state index in [1.807, 2.05) is 0 Å². The highest BCUT2D eigenvalue weighted by Gasteiger charge is 2.23. The van der Waals surface area contributed by atoms with Gasteiger partial charge in [0.2, 0.25) is 0 Å². The van der Waals surface area contributed by atoms with Crippen LogP contribution in [0.2, 0.25) is 0 Å². The van der Waals surface area contributed by atoms with Crippen LogP contribution >= 0.6 is 12.2 Å². The molecule has 0 bridgehead atoms. The van der Waals surface area contributed by atoms with Crippen molar-refractivity contribution >= 4 is 29.4 Å². The molecule has 122 valence electrons. The number of ether oxygens (including phenoxy) is 1. The highest BCUT2D eigenvalue weighted by molar-refractivity contribution is 7.80. The highest BCUT2D eigenvalue weighted by Crippen LogP contribution is 2.05. The zero-order valence-corrected chi connectivity index (χ0v) is 13.4. The molecule has 0 radical (unpaired) electrons. The van der Waals surface area contributed by atoms with Gasteiger partial charge in [0.25, 0.3) is 0 Å². The van der Waals surface area contributed by atoms with E-state index in [0.29, 0.717) is 0 Å². The summed E-state index contributed by atoms with van der Waals surface area (Å²) in [6.07, 6.45) is -1.64. The fraction of sp³-hybridized carbons (Fsp3) is 0.750. The fourth-order valence-corrected chi connectivity index (χ4v) is 1.46. The summed E-state index contributed by atoms with van der Waals surface area (Å²) in [6, 6.07) is -1.19. The molecular formula is C12H23N3O5S. The van der Waals surface area contributed by atoms with Crippen LogP contribution in [0.5, 0.6) is 0 Å². The van der Waals surface area contributed by atoms with E-state index in [1.165, 1.54) is 6.92 Å². The Morgan fingerprint density at radius 1 is 1.24 bits per heavy atom. The summed E-state index contributed by atoms with van der Waals surface area (Å²) in [5, 5.41) is 25.9. The van der Waals surface area contributed by atoms with Crippen LogP contribution in [0.25, 0.3) is 0 Å². The smallest absolute Gasteiger partial charge is 0.407 e. The zero-order chi connectivity index (χ0) is 16.6. The zero-order valence-electron chi connectivity index (χ0n) is 12.6. The summed E-state index contributed by atoms with van der Waals surface area (Å²) in [5.41, 5.74) is -0.569. The maximum Gasteiger partial charge on any atom is 0.407 e. The molecule has 0 aliphatic heterocycles. The van der Waals surface area contributed by atoms with Crippen LogP contribution in [0.1, 0.15) is 27.7 Å². The molecule has 9 heteroatoms. The number of hydrogen-bond donors (Lipinski definition) is 5. The van der Waals surface area contributed by atoms with Gasteiger partial charge in [-0.25, -0.2) is 9.59 Å². The van der Waals surface area contributed by atoms with Crippen LogP contribution < -0.4 is 16.0 Å². The Labute approximate surface area is 129 Å². The van der Waals surface area contributed by atoms with Crippen LogP contribution in [0.4, 0.5) is 4.79 Å². The SMILES string of the molecule is CC(O)C(NC(=S)NCCNC(=O)OC(C)(C)C)C(=O)O. The molecule has 0 rings (SSSR count). The lowest BCUT2D eigenvalue weighted by Crippen LogP contribution is -2.51. The topological polar surface area (TPSA) is 120 Å². The van der Waals surface area contributed by atoms with Gasteiger partial charge in [0.05, 0.1) is 6.10 Å². The van der Waals surface area contributed by atoms with E-state index in [2.05, 4.69) is 16.0 Å². The van der Waals surface area contributed by atoms with Crippen molar-refractivity contribution in [1.29, 1.82) is 0 Å². The molecule has 0 aliphatic rings. The van der Waals surface area contributed by atoms with Crippen LogP contribution in [-0.4, -0.2) is 58.2 Å². The number of aliphatic hydroxyl groups is 1. The lowest BCUT2D eigenvalue weighted by atomic mass is 10.2. The number of carboxylic acids is 1. The molecule has 0 saturated heterocycles. The summed E-state index contributed by atoms with van der Waals surface area (Å²) in [4.78, 5) is 22.2. The van der Waals surface area contributed by atoms with Crippen LogP contribution in [0.3, 0.4) is 0 Å². The first kappa shape index (κ1) is 19.4. The Hall–Kier alpha value is -1.61. The molecule has 0 fully saturated rings. The number of amides is 1. The van der Waals surface area contributed by atoms with Crippen molar-refractivity contribution < 1.29 is 24.5 Å². The van der Waals surface area contributed by atoms with E-state index in [1.54, 1.807) is 20.8 Å². The molecule has 0 spiro atoms. The minimum absolute atomic E-state index is 0.0780. The molecule has 1 amide bonds. The Kier molecular flexibility index (Phi) is 7.97. The van der Waals surface area contributed by atoms with Gasteiger partial charge in [-0.1, -0.05) is 0 Å². The van der Waals surface area contributed by atoms with Crippen LogP contribution in [0, 0.1) is 0 Å². The Morgan fingerprint density at radius 3 is 2.19 bits per heavy atom. The van der Waals surface area contributed by atoms with Gasteiger partial charge >= 0.3 is 12.1 Å². The normalized spacial score (nSPS) is 13.8. The molecule has 21 heavy (non-hydrogen) atoms. The van der Waals surface area contributed by atoms with Crippen molar-refractivity contribution in [1.82, 2.24) is 16.0 Å². The fourth-order valence-electron chi connectivity index (χ4n) is 1.24. The number of aliphatic carboxylic acids is 1. The highest BCUT2D eigenvalue weighted by atomic mass is 32.1. The number of carbonyl (C=O) groups excluding carboxylic acids is 1. The lowest BCUT2D eigenvalue weighted by Gasteiger charge is -2.21. The van der Waals surface area contributed by atoms with Gasteiger partial charge in [-0.15, -0.1) is 0 Å². The summed E-state index contributed by atoms with van der Waals surface area (Å²) in [6.45, 7) is 7.16. The second-order valence-electron chi connectivity index (χ2n) is 5.39. The Morgan fingerprint density at radius 2 is 1.76 bits per heavy atom. The van der Waals surface area contributed by atoms with E-state index in [9.17, 15) is 14.7 Å². The first-order valence-electron chi connectivity index (χ1n) is 6.45. The quantitative estimate of drug-likeness (QED) is 0.337. The van der Waals surface area contributed by atoms with Gasteiger partial charge in [-0.2, -0.15) is 0 Å². The molecule has 0 aromatic heterocycles. The maximum atomic E-state index is 11.3. The number of aliphatic hydroxyl groups excluding tert-OH is 1. The number of hydrogen-bond acceptors (Lipinski definition) is 5. The summed E-state index contributed by atoms with van der Waals surface area (Å²) >= 11 is 4.89. The molecular weight excluding hydrogens is 298 g/mol. The van der Waals surface area contributed by atoms with E-state index < -0.39 is 29.8 Å². The third-order valence-corrected chi connectivity index (χ3v) is 2.38. The molecule has 8 nitrogen and oxygen atoms in total. The number of carboxylic acid groups (broad SMARTS) is 1. The standard InChI is InChI=1S/C12H23N3O5S/c1-7(16)8(9(17)18)15-10(21)13-5-6-14-11(19)20-12(2,3)4/h7-8,16H,5-6H2,1-4H3,(H,14,19)(H,17,18)(H2,13,15,21). The number of rotatable bonds is 6. The number of carbonyl (C=O) groups is 2. The number of nitrogens with one attached hydrogen (secondary N) is 3. The van der Waals surface area contributed by atoms with Crippen molar-refractivity contribution in [3.63, 3.8) is 0 Å². The van der Waals surface area contributed by atoms with E-state index in [-0.39, 0.29) is 18.2 Å². The van der Waals surface area contributed by atoms with Gasteiger partial charge in [-0.3, -0.25) is 0 Å². The lowest BCUT2D eigenvalue weighted by molar-refractivity contribution is -0.141. The molecule has 0 aromatic rings. The number of alkyl carbamates (subject to hydrolysis) is 1. The molecule has 0 aromatic carbocycles. The average Bonchev–Trinajstić information content (AvgIpc) is 2.28. The van der Waals surface area contributed by atoms with Gasteiger partial charge in [-0.05, 0) is 39.9 Å². The molecule has 0 saturated carbocycles. The van der Waals surface area contributed by atoms with Gasteiger partial charge in [0, 0.05) is 13.1 Å². The van der Waals surface area contributed by atoms with Crippen LogP contribution in [-0.2, 0) is 9.53 Å². The third-order valence-electron chi connectivity index (χ3n) is 2.11. The maximum absolute atomic E-state index is 11.3. The Balaban J connectivity index is 3.95. The second-order valence-corrected chi connectivity index (χ2v) is 5.79. The molecule has 2 atom stereocenters. The second kappa shape index (κ2) is 8.63. The van der Waals surface area contributed by atoms with Gasteiger partial charge in [0.1, 0.15) is 5.60 Å². The molecule has 0 heterocycles. The Bertz CT molecular complexity index is 382. The first-order valence-corrected chi connectivity index (χ1v) is 6.86. The van der Waals surface area contributed by atoms with Crippen molar-refractivity contribution in [2.75, 3.05) is 13.1 Å². The first-order chi connectivity index (χ1) is 9.53. The van der Waals surface area contributed by atoms with Crippen LogP contribution in [0.15, 0.2) is 0 Å². The monoisotopic (exact) mass is 321 g/mol. The van der Waals surface area contributed by atoms with Crippen molar-refractivity contribution in [2.45, 2.75) is 45.4 Å². The predicted molar refractivity (Wildman–Crippen MR) is 81.1 cm³/mol. The summed E-state index contributed by atoms with van der Waals surface area (Å²) in [7, 11) is 0. The summed E-state index contributed by atoms with van der Waals surface area (Å²) < 4.78 is 5.04. The third kappa shape index (κ3) is 9.85. The van der Waals surface area contributed by atoms with Gasteiger partial charge in [0.15, 0.2) is 11.2 Å². The largest absolute Gasteiger partial charge is 0.480 e. The van der Waals surface area contributed by atoms with E-state index in [0.717, 1.165) is 0 Å². The average molecular weight is 321 g/mol. The number of thiocarbonyl (C=S) groups is 1. The minimum atomic E-state index is -1.21. The van der Waals surface area contributed by atoms with Gasteiger partial charge < -0.3 is 30.9 Å². The molecule has 5 N–H and O–H groups in total. The summed E-state index contributed by atoms with van der Waals surface area (Å²) in [5.74, 6) is -1.21. The molecule has 2 unspecified atom stereocenters. The van der Waals surface area contributed by atoms with Crippen molar-refractivity contribution in [3.8, 4) is 0 Å². The van der Waals surface area contributed by atoms with Crippen molar-refractivity contribution in [2.24, 2.45) is 0 Å². The predicted octanol–water partition coefficient (Wildman–Crippen LogP) is -0.191. The van der Waals surface area contributed by atoms with E-state index >= 15 is 0 Å². The van der Waals surface area contributed by atoms with E-state index in [4.69, 9.17) is 22.1 Å². The minimum Gasteiger partial charge on any atom is -0.480 e. The molecule has 0 aliphatic carbocycles. The van der Waals surface area contributed by atoms with Crippen molar-refractivity contribution in [3.05, 3.63) is 0 Å².